The number of nitrogens with zero attached hydrogens (tertiary/aromatic N) is 1. The van der Waals surface area contributed by atoms with E-state index in [9.17, 15) is 4.79 Å². The Morgan fingerprint density at radius 1 is 1.12 bits per heavy atom. The van der Waals surface area contributed by atoms with Crippen molar-refractivity contribution in [3.05, 3.63) is 59.7 Å². The van der Waals surface area contributed by atoms with Crippen LogP contribution in [0.3, 0.4) is 0 Å². The fourth-order valence-electron chi connectivity index (χ4n) is 4.38. The molecule has 1 fully saturated rings. The van der Waals surface area contributed by atoms with Gasteiger partial charge in [0, 0.05) is 25.6 Å². The summed E-state index contributed by atoms with van der Waals surface area (Å²) in [6, 6.07) is 17.1. The standard InChI is InChI=1S/C20H22N2O2/c1-20(13-21-11-12-22(20)19(23)24-2)18-16-9-5-3-7-14(16)15-8-4-6-10-17(15)18/h3-10,18,21H,11-13H2,1-2H3/t20-/m1/s1. The second kappa shape index (κ2) is 5.64. The molecule has 1 saturated heterocycles. The summed E-state index contributed by atoms with van der Waals surface area (Å²) in [6.45, 7) is 4.36. The van der Waals surface area contributed by atoms with Gasteiger partial charge in [-0.05, 0) is 29.2 Å². The monoisotopic (exact) mass is 322 g/mol. The number of carbonyl (C=O) groups excluding carboxylic acids is 1. The van der Waals surface area contributed by atoms with Gasteiger partial charge in [-0.3, -0.25) is 4.90 Å². The molecule has 0 bridgehead atoms. The molecule has 4 rings (SSSR count). The van der Waals surface area contributed by atoms with Gasteiger partial charge in [-0.1, -0.05) is 48.5 Å². The molecule has 2 aliphatic rings. The summed E-state index contributed by atoms with van der Waals surface area (Å²) in [7, 11) is 1.46. The number of carbonyl (C=O) groups is 1. The zero-order valence-electron chi connectivity index (χ0n) is 14.1. The summed E-state index contributed by atoms with van der Waals surface area (Å²) in [4.78, 5) is 14.3. The maximum atomic E-state index is 12.4. The van der Waals surface area contributed by atoms with Crippen LogP contribution in [0.4, 0.5) is 4.79 Å². The van der Waals surface area contributed by atoms with Crippen LogP contribution >= 0.6 is 0 Å². The van der Waals surface area contributed by atoms with Gasteiger partial charge in [0.25, 0.3) is 0 Å². The van der Waals surface area contributed by atoms with E-state index in [1.165, 1.54) is 29.4 Å². The van der Waals surface area contributed by atoms with E-state index in [4.69, 9.17) is 4.74 Å². The topological polar surface area (TPSA) is 41.6 Å². The number of ether oxygens (including phenoxy) is 1. The lowest BCUT2D eigenvalue weighted by Crippen LogP contribution is -2.64. The Kier molecular flexibility index (Phi) is 3.57. The quantitative estimate of drug-likeness (QED) is 0.876. The average Bonchev–Trinajstić information content (AvgIpc) is 2.96. The molecule has 2 aromatic rings. The third-order valence-electron chi connectivity index (χ3n) is 5.46. The lowest BCUT2D eigenvalue weighted by atomic mass is 9.76. The molecular weight excluding hydrogens is 300 g/mol. The van der Waals surface area contributed by atoms with Gasteiger partial charge in [-0.25, -0.2) is 4.79 Å². The van der Waals surface area contributed by atoms with Crippen LogP contribution in [0.25, 0.3) is 11.1 Å². The van der Waals surface area contributed by atoms with Crippen LogP contribution in [0.2, 0.25) is 0 Å². The highest BCUT2D eigenvalue weighted by Gasteiger charge is 2.49. The third kappa shape index (κ3) is 2.06. The summed E-state index contributed by atoms with van der Waals surface area (Å²) in [5, 5.41) is 3.47. The van der Waals surface area contributed by atoms with Gasteiger partial charge in [-0.15, -0.1) is 0 Å². The first kappa shape index (κ1) is 15.2. The highest BCUT2D eigenvalue weighted by molar-refractivity contribution is 5.80. The van der Waals surface area contributed by atoms with E-state index in [1.807, 2.05) is 4.90 Å². The lowest BCUT2D eigenvalue weighted by molar-refractivity contribution is 0.0466. The van der Waals surface area contributed by atoms with Gasteiger partial charge in [0.1, 0.15) is 0 Å². The van der Waals surface area contributed by atoms with Crippen LogP contribution in [0, 0.1) is 0 Å². The van der Waals surface area contributed by atoms with Crippen LogP contribution in [-0.2, 0) is 4.74 Å². The molecule has 0 saturated carbocycles. The van der Waals surface area contributed by atoms with E-state index < -0.39 is 0 Å². The number of piperazine rings is 1. The first-order chi connectivity index (χ1) is 11.7. The van der Waals surface area contributed by atoms with Crippen molar-refractivity contribution in [3.63, 3.8) is 0 Å². The molecule has 1 atom stereocenters. The van der Waals surface area contributed by atoms with Crippen molar-refractivity contribution in [1.82, 2.24) is 10.2 Å². The van der Waals surface area contributed by atoms with E-state index in [1.54, 1.807) is 0 Å². The fraction of sp³-hybridized carbons (Fsp3) is 0.350. The minimum Gasteiger partial charge on any atom is -0.453 e. The molecule has 24 heavy (non-hydrogen) atoms. The van der Waals surface area contributed by atoms with Crippen LogP contribution in [0.15, 0.2) is 48.5 Å². The van der Waals surface area contributed by atoms with E-state index in [2.05, 4.69) is 60.8 Å². The molecule has 0 unspecified atom stereocenters. The summed E-state index contributed by atoms with van der Waals surface area (Å²) in [6.07, 6.45) is -0.249. The SMILES string of the molecule is COC(=O)N1CCNC[C@]1(C)C1c2ccccc2-c2ccccc21. The van der Waals surface area contributed by atoms with Gasteiger partial charge >= 0.3 is 6.09 Å². The van der Waals surface area contributed by atoms with Crippen molar-refractivity contribution in [1.29, 1.82) is 0 Å². The Hall–Kier alpha value is -2.33. The number of rotatable bonds is 1. The van der Waals surface area contributed by atoms with Crippen molar-refractivity contribution in [2.75, 3.05) is 26.7 Å². The van der Waals surface area contributed by atoms with Crippen molar-refractivity contribution < 1.29 is 9.53 Å². The van der Waals surface area contributed by atoms with Gasteiger partial charge in [0.15, 0.2) is 0 Å². The Labute approximate surface area is 142 Å². The van der Waals surface area contributed by atoms with Crippen molar-refractivity contribution in [2.24, 2.45) is 0 Å². The molecule has 1 aliphatic heterocycles. The van der Waals surface area contributed by atoms with Crippen molar-refractivity contribution in [3.8, 4) is 11.1 Å². The predicted molar refractivity (Wildman–Crippen MR) is 94.1 cm³/mol. The van der Waals surface area contributed by atoms with E-state index in [-0.39, 0.29) is 17.6 Å². The van der Waals surface area contributed by atoms with Gasteiger partial charge < -0.3 is 10.1 Å². The van der Waals surface area contributed by atoms with E-state index >= 15 is 0 Å². The molecule has 0 spiro atoms. The summed E-state index contributed by atoms with van der Waals surface area (Å²) < 4.78 is 5.08. The normalized spacial score (nSPS) is 22.8. The van der Waals surface area contributed by atoms with Crippen LogP contribution < -0.4 is 5.32 Å². The molecular formula is C20H22N2O2. The average molecular weight is 322 g/mol. The largest absolute Gasteiger partial charge is 0.453 e. The summed E-state index contributed by atoms with van der Waals surface area (Å²) >= 11 is 0. The molecule has 1 N–H and O–H groups in total. The zero-order valence-corrected chi connectivity index (χ0v) is 14.1. The number of benzene rings is 2. The number of amides is 1. The second-order valence-electron chi connectivity index (χ2n) is 6.76. The van der Waals surface area contributed by atoms with E-state index in [0.717, 1.165) is 13.1 Å². The van der Waals surface area contributed by atoms with Crippen LogP contribution in [0.1, 0.15) is 24.0 Å². The summed E-state index contributed by atoms with van der Waals surface area (Å²) in [5.74, 6) is 0.136. The predicted octanol–water partition coefficient (Wildman–Crippen LogP) is 3.23. The maximum Gasteiger partial charge on any atom is 0.410 e. The minimum atomic E-state index is -0.367. The van der Waals surface area contributed by atoms with Crippen LogP contribution in [0.5, 0.6) is 0 Å². The number of fused-ring (bicyclic) bond motifs is 3. The second-order valence-corrected chi connectivity index (χ2v) is 6.76. The molecule has 124 valence electrons. The fourth-order valence-corrected chi connectivity index (χ4v) is 4.38. The molecule has 0 aromatic heterocycles. The van der Waals surface area contributed by atoms with E-state index in [0.29, 0.717) is 6.54 Å². The number of hydrogen-bond donors (Lipinski definition) is 1. The van der Waals surface area contributed by atoms with Gasteiger partial charge in [0.2, 0.25) is 0 Å². The van der Waals surface area contributed by atoms with Crippen molar-refractivity contribution >= 4 is 6.09 Å². The minimum absolute atomic E-state index is 0.136. The molecule has 1 aliphatic carbocycles. The Morgan fingerprint density at radius 2 is 1.71 bits per heavy atom. The van der Waals surface area contributed by atoms with Gasteiger partial charge in [0.05, 0.1) is 12.6 Å². The molecule has 1 amide bonds. The molecule has 2 aromatic carbocycles. The smallest absolute Gasteiger partial charge is 0.410 e. The maximum absolute atomic E-state index is 12.4. The Morgan fingerprint density at radius 3 is 2.29 bits per heavy atom. The third-order valence-corrected chi connectivity index (χ3v) is 5.46. The number of nitrogens with one attached hydrogen (secondary N) is 1. The highest BCUT2D eigenvalue weighted by atomic mass is 16.5. The van der Waals surface area contributed by atoms with Crippen LogP contribution in [-0.4, -0.2) is 43.3 Å². The highest BCUT2D eigenvalue weighted by Crippen LogP contribution is 2.51. The Bertz CT molecular complexity index is 743. The van der Waals surface area contributed by atoms with Crippen molar-refractivity contribution in [2.45, 2.75) is 18.4 Å². The first-order valence-electron chi connectivity index (χ1n) is 8.41. The Balaban J connectivity index is 1.89. The molecule has 1 heterocycles. The lowest BCUT2D eigenvalue weighted by Gasteiger charge is -2.48. The zero-order chi connectivity index (χ0) is 16.7. The number of methoxy groups -OCH3 is 1. The number of hydrogen-bond acceptors (Lipinski definition) is 3. The summed E-state index contributed by atoms with van der Waals surface area (Å²) in [5.41, 5.74) is 4.76. The molecule has 4 heteroatoms. The first-order valence-corrected chi connectivity index (χ1v) is 8.41. The molecule has 0 radical (unpaired) electrons. The molecule has 4 nitrogen and oxygen atoms in total. The van der Waals surface area contributed by atoms with Gasteiger partial charge in [-0.2, -0.15) is 0 Å².